The van der Waals surface area contributed by atoms with E-state index in [2.05, 4.69) is 4.85 Å². The predicted molar refractivity (Wildman–Crippen MR) is 122 cm³/mol. The Labute approximate surface area is 182 Å². The largest absolute Gasteiger partial charge is 0.492 e. The molecule has 2 aromatic carbocycles. The summed E-state index contributed by atoms with van der Waals surface area (Å²) in [5, 5.41) is 0.410. The van der Waals surface area contributed by atoms with Crippen molar-refractivity contribution in [3.05, 3.63) is 59.4 Å². The van der Waals surface area contributed by atoms with Gasteiger partial charge in [-0.25, -0.2) is 4.85 Å². The first-order valence-corrected chi connectivity index (χ1v) is 10.3. The Morgan fingerprint density at radius 1 is 1.17 bits per heavy atom. The van der Waals surface area contributed by atoms with E-state index < -0.39 is 5.54 Å². The van der Waals surface area contributed by atoms with Crippen LogP contribution in [0.4, 0.5) is 17.1 Å². The van der Waals surface area contributed by atoms with Gasteiger partial charge in [-0.3, -0.25) is 9.69 Å². The third kappa shape index (κ3) is 3.42. The Kier molecular flexibility index (Phi) is 4.80. The summed E-state index contributed by atoms with van der Waals surface area (Å²) in [6.07, 6.45) is 1.99. The molecule has 0 atom stereocenters. The molecule has 1 aliphatic carbocycles. The number of benzene rings is 2. The molecule has 7 heteroatoms. The van der Waals surface area contributed by atoms with Gasteiger partial charge in [0.1, 0.15) is 17.9 Å². The minimum atomic E-state index is -0.846. The monoisotopic (exact) mass is 420 g/mol. The molecule has 0 bridgehead atoms. The number of hydrogen-bond acceptors (Lipinski definition) is 4. The van der Waals surface area contributed by atoms with E-state index in [4.69, 9.17) is 29.3 Å². The lowest BCUT2D eigenvalue weighted by Gasteiger charge is -2.29. The number of carbonyl (C=O) groups excluding carboxylic acids is 1. The van der Waals surface area contributed by atoms with E-state index in [1.165, 1.54) is 0 Å². The molecule has 154 valence electrons. The standard InChI is InChI=1S/C23H24N4O2S/c1-15-13-17(7-10-19(15)25-4)26-20(28)22(2,3)27(21(26)30)16-5-8-18(9-6-16)29-14-23(24)11-12-23/h5-10,13H,11-12,14,24H2,1-3H3. The molecule has 2 aliphatic rings. The molecule has 2 fully saturated rings. The number of nitrogens with two attached hydrogens (primary N) is 1. The van der Waals surface area contributed by atoms with E-state index in [-0.39, 0.29) is 11.4 Å². The van der Waals surface area contributed by atoms with Crippen LogP contribution in [0.2, 0.25) is 0 Å². The lowest BCUT2D eigenvalue weighted by atomic mass is 10.0. The van der Waals surface area contributed by atoms with Gasteiger partial charge in [-0.2, -0.15) is 0 Å². The van der Waals surface area contributed by atoms with Gasteiger partial charge in [-0.05, 0) is 87.8 Å². The summed E-state index contributed by atoms with van der Waals surface area (Å²) < 4.78 is 5.80. The maximum atomic E-state index is 13.3. The Hall–Kier alpha value is -2.95. The van der Waals surface area contributed by atoms with Crippen molar-refractivity contribution in [2.75, 3.05) is 16.4 Å². The Morgan fingerprint density at radius 3 is 2.37 bits per heavy atom. The van der Waals surface area contributed by atoms with Gasteiger partial charge in [0.2, 0.25) is 0 Å². The molecule has 30 heavy (non-hydrogen) atoms. The second-order valence-electron chi connectivity index (χ2n) is 8.55. The van der Waals surface area contributed by atoms with Crippen LogP contribution in [-0.2, 0) is 4.79 Å². The molecule has 0 aromatic heterocycles. The van der Waals surface area contributed by atoms with Crippen LogP contribution in [0.5, 0.6) is 5.75 Å². The number of ether oxygens (including phenoxy) is 1. The zero-order valence-electron chi connectivity index (χ0n) is 17.3. The van der Waals surface area contributed by atoms with Gasteiger partial charge in [-0.1, -0.05) is 6.07 Å². The number of thiocarbonyl (C=S) groups is 1. The molecule has 0 radical (unpaired) electrons. The summed E-state index contributed by atoms with van der Waals surface area (Å²) >= 11 is 5.72. The number of aryl methyl sites for hydroxylation is 1. The topological polar surface area (TPSA) is 63.2 Å². The second-order valence-corrected chi connectivity index (χ2v) is 8.91. The van der Waals surface area contributed by atoms with Gasteiger partial charge < -0.3 is 15.4 Å². The van der Waals surface area contributed by atoms with Gasteiger partial charge in [0.15, 0.2) is 10.8 Å². The lowest BCUT2D eigenvalue weighted by Crippen LogP contribution is -2.44. The number of rotatable bonds is 5. The van der Waals surface area contributed by atoms with Crippen LogP contribution in [-0.4, -0.2) is 28.7 Å². The average molecular weight is 421 g/mol. The third-order valence-corrected chi connectivity index (χ3v) is 6.11. The summed E-state index contributed by atoms with van der Waals surface area (Å²) in [7, 11) is 0. The highest BCUT2D eigenvalue weighted by atomic mass is 32.1. The van der Waals surface area contributed by atoms with Crippen molar-refractivity contribution in [1.29, 1.82) is 0 Å². The summed E-state index contributed by atoms with van der Waals surface area (Å²) in [5.74, 6) is 0.633. The maximum Gasteiger partial charge on any atom is 0.259 e. The van der Waals surface area contributed by atoms with Crippen LogP contribution < -0.4 is 20.3 Å². The van der Waals surface area contributed by atoms with Crippen molar-refractivity contribution in [2.45, 2.75) is 44.7 Å². The molecule has 0 spiro atoms. The smallest absolute Gasteiger partial charge is 0.259 e. The van der Waals surface area contributed by atoms with E-state index in [1.54, 1.807) is 17.0 Å². The van der Waals surface area contributed by atoms with Gasteiger partial charge in [-0.15, -0.1) is 0 Å². The van der Waals surface area contributed by atoms with Gasteiger partial charge in [0.05, 0.1) is 12.1 Å². The molecule has 0 unspecified atom stereocenters. The SMILES string of the molecule is [C-]#[N+]c1ccc(N2C(=O)C(C)(C)N(c3ccc(OCC4(N)CC4)cc3)C2=S)cc1C. The van der Waals surface area contributed by atoms with Crippen LogP contribution in [0.25, 0.3) is 4.85 Å². The number of hydrogen-bond donors (Lipinski definition) is 1. The molecular formula is C23H24N4O2S. The molecule has 1 aliphatic heterocycles. The Bertz CT molecular complexity index is 1070. The fourth-order valence-corrected chi connectivity index (χ4v) is 4.11. The highest BCUT2D eigenvalue weighted by Gasteiger charge is 2.50. The fraction of sp³-hybridized carbons (Fsp3) is 0.348. The van der Waals surface area contributed by atoms with Crippen LogP contribution in [0, 0.1) is 13.5 Å². The van der Waals surface area contributed by atoms with E-state index in [0.29, 0.717) is 23.1 Å². The first kappa shape index (κ1) is 20.3. The minimum Gasteiger partial charge on any atom is -0.492 e. The van der Waals surface area contributed by atoms with Crippen LogP contribution in [0.3, 0.4) is 0 Å². The second kappa shape index (κ2) is 7.08. The molecule has 1 amide bonds. The normalized spacial score (nSPS) is 19.0. The van der Waals surface area contributed by atoms with Crippen molar-refractivity contribution < 1.29 is 9.53 Å². The predicted octanol–water partition coefficient (Wildman–Crippen LogP) is 4.33. The highest BCUT2D eigenvalue weighted by molar-refractivity contribution is 7.81. The van der Waals surface area contributed by atoms with Crippen molar-refractivity contribution in [2.24, 2.45) is 5.73 Å². The van der Waals surface area contributed by atoms with E-state index in [0.717, 1.165) is 29.8 Å². The molecule has 1 saturated carbocycles. The summed E-state index contributed by atoms with van der Waals surface area (Å²) in [6.45, 7) is 13.3. The minimum absolute atomic E-state index is 0.110. The van der Waals surface area contributed by atoms with E-state index in [1.807, 2.05) is 56.0 Å². The van der Waals surface area contributed by atoms with Gasteiger partial charge >= 0.3 is 0 Å². The number of carbonyl (C=O) groups is 1. The van der Waals surface area contributed by atoms with Crippen molar-refractivity contribution >= 4 is 40.3 Å². The average Bonchev–Trinajstić information content (AvgIpc) is 3.41. The van der Waals surface area contributed by atoms with Crippen LogP contribution >= 0.6 is 12.2 Å². The molecular weight excluding hydrogens is 396 g/mol. The van der Waals surface area contributed by atoms with E-state index >= 15 is 0 Å². The van der Waals surface area contributed by atoms with Crippen molar-refractivity contribution in [3.63, 3.8) is 0 Å². The molecule has 1 saturated heterocycles. The zero-order chi connectivity index (χ0) is 21.7. The van der Waals surface area contributed by atoms with Gasteiger partial charge in [0.25, 0.3) is 5.91 Å². The zero-order valence-corrected chi connectivity index (χ0v) is 18.1. The number of nitrogens with zero attached hydrogens (tertiary/aromatic N) is 3. The maximum absolute atomic E-state index is 13.3. The quantitative estimate of drug-likeness (QED) is 0.576. The first-order chi connectivity index (χ1) is 14.2. The molecule has 2 aromatic rings. The Balaban J connectivity index is 1.60. The van der Waals surface area contributed by atoms with Crippen LogP contribution in [0.15, 0.2) is 42.5 Å². The van der Waals surface area contributed by atoms with Crippen LogP contribution in [0.1, 0.15) is 32.3 Å². The molecule has 6 nitrogen and oxygen atoms in total. The number of amides is 1. The van der Waals surface area contributed by atoms with Crippen molar-refractivity contribution in [3.8, 4) is 5.75 Å². The number of anilines is 2. The van der Waals surface area contributed by atoms with E-state index in [9.17, 15) is 4.79 Å². The highest BCUT2D eigenvalue weighted by Crippen LogP contribution is 2.38. The Morgan fingerprint density at radius 2 is 1.80 bits per heavy atom. The summed E-state index contributed by atoms with van der Waals surface area (Å²) in [5.41, 5.74) is 7.92. The summed E-state index contributed by atoms with van der Waals surface area (Å²) in [4.78, 5) is 20.2. The summed E-state index contributed by atoms with van der Waals surface area (Å²) in [6, 6.07) is 12.9. The fourth-order valence-electron chi connectivity index (χ4n) is 3.58. The van der Waals surface area contributed by atoms with Gasteiger partial charge in [0, 0.05) is 11.4 Å². The molecule has 4 rings (SSSR count). The lowest BCUT2D eigenvalue weighted by molar-refractivity contribution is -0.120. The molecule has 2 N–H and O–H groups in total. The third-order valence-electron chi connectivity index (χ3n) is 5.74. The van der Waals surface area contributed by atoms with Crippen molar-refractivity contribution in [1.82, 2.24) is 0 Å². The molecule has 1 heterocycles. The first-order valence-electron chi connectivity index (χ1n) is 9.85.